The Bertz CT molecular complexity index is 350. The molecule has 0 fully saturated rings. The van der Waals surface area contributed by atoms with Crippen molar-refractivity contribution in [2.45, 2.75) is 64.9 Å². The summed E-state index contributed by atoms with van der Waals surface area (Å²) >= 11 is 0. The summed E-state index contributed by atoms with van der Waals surface area (Å²) in [5.74, 6) is 0. The van der Waals surface area contributed by atoms with E-state index in [2.05, 4.69) is 57.3 Å². The van der Waals surface area contributed by atoms with Gasteiger partial charge in [-0.05, 0) is 32.0 Å². The van der Waals surface area contributed by atoms with E-state index >= 15 is 0 Å². The molecule has 0 aromatic carbocycles. The van der Waals surface area contributed by atoms with Crippen LogP contribution in [0.4, 0.5) is 0 Å². The topological polar surface area (TPSA) is 27.1 Å². The van der Waals surface area contributed by atoms with Crippen LogP contribution in [0.3, 0.4) is 0 Å². The highest BCUT2D eigenvalue weighted by atomic mass is 28.4. The van der Waals surface area contributed by atoms with Crippen LogP contribution in [-0.4, -0.2) is 23.5 Å². The largest absolute Gasteiger partial charge is 0.410 e. The summed E-state index contributed by atoms with van der Waals surface area (Å²) in [6.07, 6.45) is 5.63. The molecular formula is C13H26N2OSi. The van der Waals surface area contributed by atoms with Crippen LogP contribution in [-0.2, 0) is 11.0 Å². The summed E-state index contributed by atoms with van der Waals surface area (Å²) in [7, 11) is -1.71. The van der Waals surface area contributed by atoms with Crippen LogP contribution in [0.1, 0.15) is 34.6 Å². The maximum atomic E-state index is 6.45. The summed E-state index contributed by atoms with van der Waals surface area (Å²) in [5, 5.41) is 0.249. The van der Waals surface area contributed by atoms with Gasteiger partial charge in [-0.15, -0.1) is 0 Å². The molecule has 0 aliphatic carbocycles. The molecule has 1 aromatic heterocycles. The van der Waals surface area contributed by atoms with Crippen molar-refractivity contribution in [2.24, 2.45) is 0 Å². The molecule has 0 radical (unpaired) electrons. The van der Waals surface area contributed by atoms with E-state index in [-0.39, 0.29) is 10.6 Å². The molecule has 0 bridgehead atoms. The van der Waals surface area contributed by atoms with Gasteiger partial charge in [-0.2, -0.15) is 0 Å². The van der Waals surface area contributed by atoms with Crippen molar-refractivity contribution in [3.05, 3.63) is 18.7 Å². The highest BCUT2D eigenvalue weighted by molar-refractivity contribution is 6.74. The minimum atomic E-state index is -1.71. The van der Waals surface area contributed by atoms with E-state index in [0.717, 1.165) is 6.54 Å². The summed E-state index contributed by atoms with van der Waals surface area (Å²) in [4.78, 5) is 4.07. The minimum Gasteiger partial charge on any atom is -0.410 e. The van der Waals surface area contributed by atoms with Gasteiger partial charge in [-0.3, -0.25) is 0 Å². The second kappa shape index (κ2) is 4.57. The maximum absolute atomic E-state index is 6.45. The van der Waals surface area contributed by atoms with E-state index in [9.17, 15) is 0 Å². The lowest BCUT2D eigenvalue weighted by Gasteiger charge is -2.42. The predicted molar refractivity (Wildman–Crippen MR) is 74.6 cm³/mol. The monoisotopic (exact) mass is 254 g/mol. The molecule has 98 valence electrons. The van der Waals surface area contributed by atoms with Crippen molar-refractivity contribution in [3.63, 3.8) is 0 Å². The molecular weight excluding hydrogens is 228 g/mol. The molecule has 17 heavy (non-hydrogen) atoms. The molecule has 0 saturated carbocycles. The van der Waals surface area contributed by atoms with Gasteiger partial charge in [0.1, 0.15) is 0 Å². The molecule has 3 nitrogen and oxygen atoms in total. The zero-order chi connectivity index (χ0) is 13.3. The Morgan fingerprint density at radius 2 is 1.76 bits per heavy atom. The average molecular weight is 254 g/mol. The molecule has 0 spiro atoms. The zero-order valence-electron chi connectivity index (χ0n) is 12.2. The second-order valence-electron chi connectivity index (χ2n) is 6.86. The first kappa shape index (κ1) is 14.4. The van der Waals surface area contributed by atoms with Crippen LogP contribution >= 0.6 is 0 Å². The van der Waals surface area contributed by atoms with E-state index < -0.39 is 8.32 Å². The third kappa shape index (κ3) is 3.96. The molecule has 0 aliphatic rings. The van der Waals surface area contributed by atoms with Crippen LogP contribution in [0, 0.1) is 0 Å². The third-order valence-corrected chi connectivity index (χ3v) is 8.14. The van der Waals surface area contributed by atoms with Crippen LogP contribution in [0.15, 0.2) is 18.7 Å². The third-order valence-electron chi connectivity index (χ3n) is 3.46. The quantitative estimate of drug-likeness (QED) is 0.766. The Morgan fingerprint density at radius 1 is 1.18 bits per heavy atom. The summed E-state index contributed by atoms with van der Waals surface area (Å²) in [5.41, 5.74) is -0.149. The SMILES string of the molecule is CC(C)(Cn1ccnc1)O[Si](C)(C)C(C)(C)C. The highest BCUT2D eigenvalue weighted by Crippen LogP contribution is 2.39. The molecule has 0 aliphatic heterocycles. The van der Waals surface area contributed by atoms with Gasteiger partial charge in [-0.25, -0.2) is 4.98 Å². The lowest BCUT2D eigenvalue weighted by atomic mass is 10.1. The van der Waals surface area contributed by atoms with Gasteiger partial charge in [0.15, 0.2) is 8.32 Å². The van der Waals surface area contributed by atoms with Gasteiger partial charge in [0.2, 0.25) is 0 Å². The molecule has 0 N–H and O–H groups in total. The fourth-order valence-corrected chi connectivity index (χ4v) is 3.45. The molecule has 1 aromatic rings. The van der Waals surface area contributed by atoms with Gasteiger partial charge in [0.05, 0.1) is 18.5 Å². The van der Waals surface area contributed by atoms with Gasteiger partial charge in [0, 0.05) is 12.4 Å². The van der Waals surface area contributed by atoms with E-state index in [1.807, 2.05) is 18.7 Å². The van der Waals surface area contributed by atoms with E-state index in [1.165, 1.54) is 0 Å². The summed E-state index contributed by atoms with van der Waals surface area (Å²) in [6.45, 7) is 16.6. The van der Waals surface area contributed by atoms with E-state index in [0.29, 0.717) is 0 Å². The summed E-state index contributed by atoms with van der Waals surface area (Å²) in [6, 6.07) is 0. The molecule has 0 saturated heterocycles. The molecule has 0 unspecified atom stereocenters. The fourth-order valence-electron chi connectivity index (χ4n) is 1.70. The predicted octanol–water partition coefficient (Wildman–Crippen LogP) is 3.68. The second-order valence-corrected chi connectivity index (χ2v) is 11.6. The summed E-state index contributed by atoms with van der Waals surface area (Å²) < 4.78 is 8.53. The smallest absolute Gasteiger partial charge is 0.192 e. The fraction of sp³-hybridized carbons (Fsp3) is 0.769. The Balaban J connectivity index is 2.72. The Hall–Kier alpha value is -0.613. The first-order chi connectivity index (χ1) is 7.54. The van der Waals surface area contributed by atoms with Gasteiger partial charge < -0.3 is 8.99 Å². The first-order valence-corrected chi connectivity index (χ1v) is 9.10. The van der Waals surface area contributed by atoms with Gasteiger partial charge in [0.25, 0.3) is 0 Å². The van der Waals surface area contributed by atoms with E-state index in [1.54, 1.807) is 0 Å². The standard InChI is InChI=1S/C13H26N2OSi/c1-12(2,3)17(6,7)16-13(4,5)10-15-9-8-14-11-15/h8-9,11H,10H2,1-7H3. The normalized spacial score (nSPS) is 14.1. The van der Waals surface area contributed by atoms with Crippen LogP contribution in [0.5, 0.6) is 0 Å². The molecule has 0 atom stereocenters. The first-order valence-electron chi connectivity index (χ1n) is 6.19. The number of aromatic nitrogens is 2. The molecule has 0 amide bonds. The van der Waals surface area contributed by atoms with Crippen molar-refractivity contribution >= 4 is 8.32 Å². The van der Waals surface area contributed by atoms with Crippen molar-refractivity contribution < 1.29 is 4.43 Å². The number of nitrogens with zero attached hydrogens (tertiary/aromatic N) is 2. The minimum absolute atomic E-state index is 0.149. The number of imidazole rings is 1. The van der Waals surface area contributed by atoms with Crippen molar-refractivity contribution in [1.82, 2.24) is 9.55 Å². The molecule has 1 rings (SSSR count). The highest BCUT2D eigenvalue weighted by Gasteiger charge is 2.41. The number of hydrogen-bond donors (Lipinski definition) is 0. The average Bonchev–Trinajstić information content (AvgIpc) is 2.50. The van der Waals surface area contributed by atoms with Crippen LogP contribution < -0.4 is 0 Å². The van der Waals surface area contributed by atoms with Crippen LogP contribution in [0.25, 0.3) is 0 Å². The lowest BCUT2D eigenvalue weighted by Crippen LogP contribution is -2.48. The zero-order valence-corrected chi connectivity index (χ0v) is 13.2. The van der Waals surface area contributed by atoms with Crippen LogP contribution in [0.2, 0.25) is 18.1 Å². The Morgan fingerprint density at radius 3 is 2.18 bits per heavy atom. The Kier molecular flexibility index (Phi) is 3.89. The van der Waals surface area contributed by atoms with Gasteiger partial charge in [-0.1, -0.05) is 20.8 Å². The Labute approximate surface area is 106 Å². The molecule has 4 heteroatoms. The number of hydrogen-bond acceptors (Lipinski definition) is 2. The maximum Gasteiger partial charge on any atom is 0.192 e. The van der Waals surface area contributed by atoms with Crippen molar-refractivity contribution in [1.29, 1.82) is 0 Å². The van der Waals surface area contributed by atoms with Gasteiger partial charge >= 0.3 is 0 Å². The van der Waals surface area contributed by atoms with Crippen molar-refractivity contribution in [3.8, 4) is 0 Å². The molecule has 1 heterocycles. The van der Waals surface area contributed by atoms with E-state index in [4.69, 9.17) is 4.43 Å². The lowest BCUT2D eigenvalue weighted by molar-refractivity contribution is 0.0729. The number of rotatable bonds is 4. The van der Waals surface area contributed by atoms with Crippen molar-refractivity contribution in [2.75, 3.05) is 0 Å².